The number of benzene rings is 1. The molecule has 134 valence electrons. The van der Waals surface area contributed by atoms with Crippen molar-refractivity contribution in [1.82, 2.24) is 15.2 Å². The minimum absolute atomic E-state index is 0.0254. The lowest BCUT2D eigenvalue weighted by atomic mass is 10.3. The molecule has 2 N–H and O–H groups in total. The van der Waals surface area contributed by atoms with Crippen LogP contribution in [0.4, 0.5) is 0 Å². The van der Waals surface area contributed by atoms with E-state index in [1.165, 1.54) is 49.5 Å². The summed E-state index contributed by atoms with van der Waals surface area (Å²) in [4.78, 5) is 24.3. The van der Waals surface area contributed by atoms with E-state index in [0.717, 1.165) is 0 Å². The van der Waals surface area contributed by atoms with Gasteiger partial charge in [-0.05, 0) is 12.1 Å². The van der Waals surface area contributed by atoms with E-state index in [1.54, 1.807) is 18.2 Å². The maximum absolute atomic E-state index is 12.5. The predicted octanol–water partition coefficient (Wildman–Crippen LogP) is -0.663. The Balaban J connectivity index is 2.61. The lowest BCUT2D eigenvalue weighted by Gasteiger charge is -2.04. The van der Waals surface area contributed by atoms with Gasteiger partial charge in [-0.2, -0.15) is 17.6 Å². The molecule has 0 fully saturated rings. The van der Waals surface area contributed by atoms with Crippen molar-refractivity contribution in [1.29, 1.82) is 0 Å². The van der Waals surface area contributed by atoms with Crippen LogP contribution in [0.25, 0.3) is 0 Å². The molecule has 2 amide bonds. The van der Waals surface area contributed by atoms with Crippen LogP contribution in [0.3, 0.4) is 0 Å². The number of imidazole rings is 1. The molecule has 0 aliphatic rings. The summed E-state index contributed by atoms with van der Waals surface area (Å²) in [6.45, 7) is 0. The van der Waals surface area contributed by atoms with E-state index < -0.39 is 21.9 Å². The molecule has 0 atom stereocenters. The van der Waals surface area contributed by atoms with E-state index in [-0.39, 0.29) is 22.3 Å². The summed E-state index contributed by atoms with van der Waals surface area (Å²) in [5.74, 6) is -1.10. The molecule has 2 rings (SSSR count). The second-order valence-corrected chi connectivity index (χ2v) is 6.65. The molecular weight excluding hydrogens is 348 g/mol. The Hall–Kier alpha value is -2.88. The average Bonchev–Trinajstić information content (AvgIpc) is 2.85. The second kappa shape index (κ2) is 6.93. The van der Waals surface area contributed by atoms with E-state index in [2.05, 4.69) is 10.6 Å². The van der Waals surface area contributed by atoms with E-state index >= 15 is 0 Å². The highest BCUT2D eigenvalue weighted by Crippen LogP contribution is 2.19. The fourth-order valence-electron chi connectivity index (χ4n) is 2.34. The number of hydrogen-bond donors (Lipinski definition) is 2. The lowest BCUT2D eigenvalue weighted by Crippen LogP contribution is -2.40. The van der Waals surface area contributed by atoms with Crippen LogP contribution < -0.4 is 19.4 Å². The number of nitrogens with zero attached hydrogens (tertiary/aromatic N) is 2. The first-order chi connectivity index (χ1) is 11.7. The third-order valence-electron chi connectivity index (χ3n) is 3.57. The van der Waals surface area contributed by atoms with Gasteiger partial charge in [-0.3, -0.25) is 9.59 Å². The molecule has 0 bridgehead atoms. The topological polar surface area (TPSA) is 110 Å². The standard InChI is InChI=1S/C15H18N4O5S/c1-16-13(20)11-12(14(21)17-2)19(4)15(18(11)3)24-25(22,23)10-8-6-5-7-9-10/h5-9H,1-4H3,(H-,16,17,20,21)/p+1. The fourth-order valence-corrected chi connectivity index (χ4v) is 3.34. The SMILES string of the molecule is CNC(=O)c1c(C(=O)NC)[n+](C)c(OS(=O)(=O)c2ccccc2)n1C. The van der Waals surface area contributed by atoms with E-state index in [9.17, 15) is 18.0 Å². The molecule has 1 aromatic carbocycles. The zero-order valence-corrected chi connectivity index (χ0v) is 15.0. The lowest BCUT2D eigenvalue weighted by molar-refractivity contribution is -0.675. The van der Waals surface area contributed by atoms with Gasteiger partial charge in [0.05, 0.1) is 14.1 Å². The molecule has 1 aromatic heterocycles. The van der Waals surface area contributed by atoms with Gasteiger partial charge < -0.3 is 14.8 Å². The first-order valence-electron chi connectivity index (χ1n) is 7.27. The first kappa shape index (κ1) is 18.5. The maximum Gasteiger partial charge on any atom is 0.473 e. The van der Waals surface area contributed by atoms with Crippen LogP contribution in [0, 0.1) is 0 Å². The van der Waals surface area contributed by atoms with Crippen LogP contribution in [0.15, 0.2) is 35.2 Å². The third kappa shape index (κ3) is 3.33. The molecule has 0 saturated carbocycles. The van der Waals surface area contributed by atoms with Crippen LogP contribution in [0.2, 0.25) is 0 Å². The van der Waals surface area contributed by atoms with Gasteiger partial charge in [0.1, 0.15) is 4.90 Å². The van der Waals surface area contributed by atoms with Crippen LogP contribution in [0.5, 0.6) is 6.01 Å². The van der Waals surface area contributed by atoms with Gasteiger partial charge in [0.25, 0.3) is 11.8 Å². The van der Waals surface area contributed by atoms with E-state index in [0.29, 0.717) is 0 Å². The first-order valence-corrected chi connectivity index (χ1v) is 8.67. The molecule has 0 aliphatic carbocycles. The largest absolute Gasteiger partial charge is 0.473 e. The van der Waals surface area contributed by atoms with Crippen molar-refractivity contribution in [2.45, 2.75) is 4.90 Å². The van der Waals surface area contributed by atoms with Crippen molar-refractivity contribution < 1.29 is 26.8 Å². The Morgan fingerprint density at radius 3 is 2.16 bits per heavy atom. The van der Waals surface area contributed by atoms with E-state index in [1.807, 2.05) is 0 Å². The molecule has 0 spiro atoms. The molecule has 0 unspecified atom stereocenters. The predicted molar refractivity (Wildman–Crippen MR) is 87.6 cm³/mol. The molecule has 1 heterocycles. The van der Waals surface area contributed by atoms with Gasteiger partial charge in [0.2, 0.25) is 11.4 Å². The van der Waals surface area contributed by atoms with Gasteiger partial charge in [0.15, 0.2) is 0 Å². The second-order valence-electron chi connectivity index (χ2n) is 5.11. The molecule has 0 aliphatic heterocycles. The Kier molecular flexibility index (Phi) is 5.12. The molecule has 9 nitrogen and oxygen atoms in total. The zero-order chi connectivity index (χ0) is 18.8. The quantitative estimate of drug-likeness (QED) is 0.538. The highest BCUT2D eigenvalue weighted by Gasteiger charge is 2.38. The number of carbonyl (C=O) groups excluding carboxylic acids is 2. The Labute approximate surface area is 145 Å². The summed E-state index contributed by atoms with van der Waals surface area (Å²) in [7, 11) is 1.56. The van der Waals surface area contributed by atoms with Gasteiger partial charge in [-0.1, -0.05) is 18.2 Å². The Bertz CT molecular complexity index is 880. The Morgan fingerprint density at radius 1 is 1.08 bits per heavy atom. The summed E-state index contributed by atoms with van der Waals surface area (Å²) in [6.07, 6.45) is 0. The van der Waals surface area contributed by atoms with Crippen LogP contribution in [-0.4, -0.2) is 38.9 Å². The molecule has 25 heavy (non-hydrogen) atoms. The maximum atomic E-state index is 12.5. The third-order valence-corrected chi connectivity index (χ3v) is 4.79. The fraction of sp³-hybridized carbons (Fsp3) is 0.267. The van der Waals surface area contributed by atoms with Crippen LogP contribution in [-0.2, 0) is 24.2 Å². The van der Waals surface area contributed by atoms with Crippen molar-refractivity contribution in [2.75, 3.05) is 14.1 Å². The molecule has 0 saturated heterocycles. The van der Waals surface area contributed by atoms with Crippen molar-refractivity contribution in [2.24, 2.45) is 14.1 Å². The number of carbonyl (C=O) groups is 2. The minimum atomic E-state index is -4.13. The Morgan fingerprint density at radius 2 is 1.64 bits per heavy atom. The smallest absolute Gasteiger partial charge is 0.352 e. The van der Waals surface area contributed by atoms with Crippen molar-refractivity contribution in [3.05, 3.63) is 41.7 Å². The van der Waals surface area contributed by atoms with Crippen LogP contribution >= 0.6 is 0 Å². The van der Waals surface area contributed by atoms with Crippen LogP contribution in [0.1, 0.15) is 21.0 Å². The van der Waals surface area contributed by atoms with Crippen molar-refractivity contribution in [3.63, 3.8) is 0 Å². The van der Waals surface area contributed by atoms with E-state index in [4.69, 9.17) is 4.18 Å². The summed E-state index contributed by atoms with van der Waals surface area (Å²) in [6, 6.07) is 7.39. The van der Waals surface area contributed by atoms with Gasteiger partial charge in [0, 0.05) is 14.1 Å². The summed E-state index contributed by atoms with van der Waals surface area (Å²) in [5, 5.41) is 4.84. The summed E-state index contributed by atoms with van der Waals surface area (Å²) < 4.78 is 32.5. The van der Waals surface area contributed by atoms with Gasteiger partial charge >= 0.3 is 16.1 Å². The number of aromatic nitrogens is 2. The zero-order valence-electron chi connectivity index (χ0n) is 14.2. The number of nitrogens with one attached hydrogen (secondary N) is 2. The molecule has 0 radical (unpaired) electrons. The number of rotatable bonds is 5. The molecule has 10 heteroatoms. The molecular formula is C15H19N4O5S+. The van der Waals surface area contributed by atoms with Crippen molar-refractivity contribution >= 4 is 21.9 Å². The van der Waals surface area contributed by atoms with Crippen molar-refractivity contribution in [3.8, 4) is 6.01 Å². The average molecular weight is 367 g/mol. The number of amides is 2. The van der Waals surface area contributed by atoms with Gasteiger partial charge in [-0.15, -0.1) is 0 Å². The highest BCUT2D eigenvalue weighted by atomic mass is 32.2. The number of hydrogen-bond acceptors (Lipinski definition) is 5. The normalized spacial score (nSPS) is 11.0. The summed E-state index contributed by atoms with van der Waals surface area (Å²) in [5.41, 5.74) is -0.0507. The minimum Gasteiger partial charge on any atom is -0.352 e. The summed E-state index contributed by atoms with van der Waals surface area (Å²) >= 11 is 0. The van der Waals surface area contributed by atoms with Gasteiger partial charge in [-0.25, -0.2) is 0 Å². The monoisotopic (exact) mass is 367 g/mol. The highest BCUT2D eigenvalue weighted by molar-refractivity contribution is 7.87. The molecule has 2 aromatic rings.